The van der Waals surface area contributed by atoms with Crippen LogP contribution in [0, 0.1) is 0 Å². The van der Waals surface area contributed by atoms with Crippen molar-refractivity contribution in [3.8, 4) is 11.4 Å². The molecule has 1 saturated heterocycles. The van der Waals surface area contributed by atoms with E-state index >= 15 is 0 Å². The van der Waals surface area contributed by atoms with Crippen LogP contribution in [0.5, 0.6) is 0 Å². The Bertz CT molecular complexity index is 1370. The van der Waals surface area contributed by atoms with Crippen molar-refractivity contribution in [2.45, 2.75) is 36.9 Å². The molecule has 0 bridgehead atoms. The van der Waals surface area contributed by atoms with Gasteiger partial charge in [0.05, 0.1) is 23.6 Å². The van der Waals surface area contributed by atoms with Gasteiger partial charge >= 0.3 is 5.69 Å². The number of aromatic nitrogens is 4. The van der Waals surface area contributed by atoms with E-state index in [0.717, 1.165) is 23.3 Å². The van der Waals surface area contributed by atoms with Gasteiger partial charge in [-0.15, -0.1) is 11.8 Å². The van der Waals surface area contributed by atoms with E-state index in [2.05, 4.69) is 10.1 Å². The van der Waals surface area contributed by atoms with E-state index in [1.807, 2.05) is 30.5 Å². The lowest BCUT2D eigenvalue weighted by atomic mass is 10.2. The summed E-state index contributed by atoms with van der Waals surface area (Å²) in [7, 11) is 0. The average molecular weight is 451 g/mol. The molecule has 0 amide bonds. The predicted molar refractivity (Wildman–Crippen MR) is 122 cm³/mol. The van der Waals surface area contributed by atoms with Gasteiger partial charge in [0.15, 0.2) is 0 Å². The molecule has 164 valence electrons. The van der Waals surface area contributed by atoms with Crippen molar-refractivity contribution < 1.29 is 9.26 Å². The van der Waals surface area contributed by atoms with Crippen molar-refractivity contribution in [1.29, 1.82) is 0 Å². The Labute approximate surface area is 187 Å². The molecule has 9 heteroatoms. The first-order chi connectivity index (χ1) is 15.6. The van der Waals surface area contributed by atoms with Crippen LogP contribution in [0.15, 0.2) is 67.5 Å². The zero-order chi connectivity index (χ0) is 22.1. The second-order valence-electron chi connectivity index (χ2n) is 7.68. The van der Waals surface area contributed by atoms with Crippen LogP contribution in [-0.2, 0) is 17.8 Å². The first-order valence-electron chi connectivity index (χ1n) is 10.4. The van der Waals surface area contributed by atoms with Crippen LogP contribution in [0.3, 0.4) is 0 Å². The van der Waals surface area contributed by atoms with Gasteiger partial charge in [-0.3, -0.25) is 13.9 Å². The number of hydrogen-bond acceptors (Lipinski definition) is 7. The van der Waals surface area contributed by atoms with E-state index < -0.39 is 5.69 Å². The monoisotopic (exact) mass is 450 g/mol. The molecule has 0 spiro atoms. The summed E-state index contributed by atoms with van der Waals surface area (Å²) >= 11 is 1.66. The van der Waals surface area contributed by atoms with Crippen molar-refractivity contribution in [2.24, 2.45) is 0 Å². The fourth-order valence-electron chi connectivity index (χ4n) is 3.99. The Balaban J connectivity index is 1.53. The van der Waals surface area contributed by atoms with Crippen molar-refractivity contribution in [3.05, 3.63) is 75.3 Å². The van der Waals surface area contributed by atoms with Crippen molar-refractivity contribution in [1.82, 2.24) is 19.3 Å². The van der Waals surface area contributed by atoms with Crippen molar-refractivity contribution in [3.63, 3.8) is 0 Å². The summed E-state index contributed by atoms with van der Waals surface area (Å²) in [5, 5.41) is 4.54. The molecule has 0 aliphatic carbocycles. The van der Waals surface area contributed by atoms with Crippen LogP contribution in [0.2, 0.25) is 0 Å². The van der Waals surface area contributed by atoms with Crippen LogP contribution in [0.1, 0.15) is 18.7 Å². The van der Waals surface area contributed by atoms with Gasteiger partial charge in [0.25, 0.3) is 5.56 Å². The summed E-state index contributed by atoms with van der Waals surface area (Å²) < 4.78 is 13.9. The van der Waals surface area contributed by atoms with Gasteiger partial charge in [0.1, 0.15) is 6.54 Å². The van der Waals surface area contributed by atoms with Gasteiger partial charge in [-0.25, -0.2) is 4.79 Å². The Morgan fingerprint density at radius 3 is 2.66 bits per heavy atom. The SMILES string of the molecule is CSc1ccc(-c2noc(Cn3c(=O)n(C[C@H]4CCCO4)c(=O)c4ccccc43)n2)cc1. The number of thioether (sulfide) groups is 1. The lowest BCUT2D eigenvalue weighted by Gasteiger charge is -2.15. The molecule has 0 unspecified atom stereocenters. The topological polar surface area (TPSA) is 92.1 Å². The summed E-state index contributed by atoms with van der Waals surface area (Å²) in [6.45, 7) is 0.963. The number of para-hydroxylation sites is 1. The lowest BCUT2D eigenvalue weighted by molar-refractivity contribution is 0.0948. The second-order valence-corrected chi connectivity index (χ2v) is 8.56. The fourth-order valence-corrected chi connectivity index (χ4v) is 4.40. The smallest absolute Gasteiger partial charge is 0.332 e. The van der Waals surface area contributed by atoms with E-state index in [1.54, 1.807) is 36.0 Å². The lowest BCUT2D eigenvalue weighted by Crippen LogP contribution is -2.42. The first-order valence-corrected chi connectivity index (χ1v) is 11.7. The molecule has 2 aromatic heterocycles. The Morgan fingerprint density at radius 1 is 1.09 bits per heavy atom. The van der Waals surface area contributed by atoms with E-state index in [-0.39, 0.29) is 24.8 Å². The van der Waals surface area contributed by atoms with Gasteiger partial charge in [-0.2, -0.15) is 4.98 Å². The van der Waals surface area contributed by atoms with E-state index in [9.17, 15) is 9.59 Å². The van der Waals surface area contributed by atoms with Gasteiger partial charge < -0.3 is 9.26 Å². The fraction of sp³-hybridized carbons (Fsp3) is 0.304. The van der Waals surface area contributed by atoms with E-state index in [4.69, 9.17) is 9.26 Å². The molecule has 1 atom stereocenters. The summed E-state index contributed by atoms with van der Waals surface area (Å²) in [4.78, 5) is 32.0. The summed E-state index contributed by atoms with van der Waals surface area (Å²) in [5.41, 5.74) is 0.652. The molecule has 0 N–H and O–H groups in total. The largest absolute Gasteiger partial charge is 0.376 e. The number of nitrogens with zero attached hydrogens (tertiary/aromatic N) is 4. The molecular weight excluding hydrogens is 428 g/mol. The Hall–Kier alpha value is -3.17. The number of fused-ring (bicyclic) bond motifs is 1. The highest BCUT2D eigenvalue weighted by atomic mass is 32.2. The minimum absolute atomic E-state index is 0.0705. The Kier molecular flexibility index (Phi) is 5.67. The standard InChI is InChI=1S/C23H22N4O4S/c1-32-17-10-8-15(9-11-17)21-24-20(31-25-21)14-26-19-7-3-2-6-18(19)22(28)27(23(26)29)13-16-5-4-12-30-16/h2-3,6-11,16H,4-5,12-14H2,1H3/t16-/m1/s1. The molecule has 1 aliphatic rings. The number of rotatable bonds is 6. The minimum atomic E-state index is -0.409. The van der Waals surface area contributed by atoms with Crippen molar-refractivity contribution >= 4 is 22.7 Å². The third kappa shape index (κ3) is 3.89. The van der Waals surface area contributed by atoms with Crippen LogP contribution >= 0.6 is 11.8 Å². The third-order valence-corrected chi connectivity index (χ3v) is 6.40. The average Bonchev–Trinajstić information content (AvgIpc) is 3.52. The second kappa shape index (κ2) is 8.76. The number of ether oxygens (including phenoxy) is 1. The normalized spacial score (nSPS) is 16.1. The zero-order valence-corrected chi connectivity index (χ0v) is 18.4. The van der Waals surface area contributed by atoms with Crippen LogP contribution in [0.25, 0.3) is 22.3 Å². The third-order valence-electron chi connectivity index (χ3n) is 5.65. The van der Waals surface area contributed by atoms with Gasteiger partial charge in [-0.05, 0) is 55.5 Å². The maximum absolute atomic E-state index is 13.3. The van der Waals surface area contributed by atoms with Gasteiger partial charge in [0, 0.05) is 17.1 Å². The first kappa shape index (κ1) is 20.7. The minimum Gasteiger partial charge on any atom is -0.376 e. The van der Waals surface area contributed by atoms with Gasteiger partial charge in [-0.1, -0.05) is 17.3 Å². The Morgan fingerprint density at radius 2 is 1.91 bits per heavy atom. The molecule has 0 radical (unpaired) electrons. The molecule has 2 aromatic carbocycles. The highest BCUT2D eigenvalue weighted by molar-refractivity contribution is 7.98. The highest BCUT2D eigenvalue weighted by Gasteiger charge is 2.21. The maximum atomic E-state index is 13.3. The highest BCUT2D eigenvalue weighted by Crippen LogP contribution is 2.21. The van der Waals surface area contributed by atoms with Crippen LogP contribution in [-0.4, -0.2) is 38.2 Å². The summed E-state index contributed by atoms with van der Waals surface area (Å²) in [6.07, 6.45) is 3.65. The van der Waals surface area contributed by atoms with E-state index in [0.29, 0.717) is 29.2 Å². The van der Waals surface area contributed by atoms with Gasteiger partial charge in [0.2, 0.25) is 11.7 Å². The molecule has 8 nitrogen and oxygen atoms in total. The molecule has 3 heterocycles. The predicted octanol–water partition coefficient (Wildman–Crippen LogP) is 3.16. The van der Waals surface area contributed by atoms with Crippen molar-refractivity contribution in [2.75, 3.05) is 12.9 Å². The van der Waals surface area contributed by atoms with Crippen LogP contribution < -0.4 is 11.2 Å². The molecule has 1 aliphatic heterocycles. The number of hydrogen-bond donors (Lipinski definition) is 0. The van der Waals surface area contributed by atoms with E-state index in [1.165, 1.54) is 9.13 Å². The molecule has 1 fully saturated rings. The molecular formula is C23H22N4O4S. The molecule has 4 aromatic rings. The molecule has 5 rings (SSSR count). The summed E-state index contributed by atoms with van der Waals surface area (Å²) in [5.74, 6) is 0.751. The zero-order valence-electron chi connectivity index (χ0n) is 17.6. The number of benzene rings is 2. The molecule has 0 saturated carbocycles. The van der Waals surface area contributed by atoms with Crippen LogP contribution in [0.4, 0.5) is 0 Å². The summed E-state index contributed by atoms with van der Waals surface area (Å²) in [6, 6.07) is 14.9. The quantitative estimate of drug-likeness (QED) is 0.417. The molecule has 32 heavy (non-hydrogen) atoms. The maximum Gasteiger partial charge on any atom is 0.332 e.